The maximum Gasteiger partial charge on any atom is 0.258 e. The SMILES string of the molecule is CCOc1ccc(OCC(=O)NCc2cccc3ccccc23)cc1. The number of hydrogen-bond acceptors (Lipinski definition) is 3. The molecule has 0 fully saturated rings. The van der Waals surface area contributed by atoms with Gasteiger partial charge in [-0.15, -0.1) is 0 Å². The summed E-state index contributed by atoms with van der Waals surface area (Å²) in [6.07, 6.45) is 0. The Hall–Kier alpha value is -3.01. The molecule has 0 saturated heterocycles. The monoisotopic (exact) mass is 335 g/mol. The first kappa shape index (κ1) is 16.8. The minimum Gasteiger partial charge on any atom is -0.494 e. The van der Waals surface area contributed by atoms with Gasteiger partial charge in [-0.25, -0.2) is 0 Å². The number of carbonyl (C=O) groups excluding carboxylic acids is 1. The fourth-order valence-electron chi connectivity index (χ4n) is 2.64. The Bertz CT molecular complexity index is 838. The van der Waals surface area contributed by atoms with Gasteiger partial charge in [-0.3, -0.25) is 4.79 Å². The third-order valence-corrected chi connectivity index (χ3v) is 3.86. The quantitative estimate of drug-likeness (QED) is 0.711. The molecule has 4 nitrogen and oxygen atoms in total. The average molecular weight is 335 g/mol. The van der Waals surface area contributed by atoms with Crippen molar-refractivity contribution < 1.29 is 14.3 Å². The lowest BCUT2D eigenvalue weighted by atomic mass is 10.0. The number of nitrogens with one attached hydrogen (secondary N) is 1. The molecule has 0 saturated carbocycles. The largest absolute Gasteiger partial charge is 0.494 e. The molecule has 0 spiro atoms. The van der Waals surface area contributed by atoms with Crippen molar-refractivity contribution in [3.05, 3.63) is 72.3 Å². The highest BCUT2D eigenvalue weighted by atomic mass is 16.5. The van der Waals surface area contributed by atoms with Crippen molar-refractivity contribution in [2.75, 3.05) is 13.2 Å². The lowest BCUT2D eigenvalue weighted by Gasteiger charge is -2.10. The van der Waals surface area contributed by atoms with Gasteiger partial charge in [0.25, 0.3) is 5.91 Å². The molecule has 0 aliphatic carbocycles. The van der Waals surface area contributed by atoms with E-state index in [1.807, 2.05) is 43.3 Å². The van der Waals surface area contributed by atoms with E-state index in [0.29, 0.717) is 18.9 Å². The summed E-state index contributed by atoms with van der Waals surface area (Å²) in [4.78, 5) is 12.0. The molecule has 0 aromatic heterocycles. The summed E-state index contributed by atoms with van der Waals surface area (Å²) < 4.78 is 10.9. The molecule has 128 valence electrons. The highest BCUT2D eigenvalue weighted by Crippen LogP contribution is 2.19. The van der Waals surface area contributed by atoms with Gasteiger partial charge in [0.1, 0.15) is 11.5 Å². The van der Waals surface area contributed by atoms with Crippen LogP contribution in [0.3, 0.4) is 0 Å². The number of carbonyl (C=O) groups is 1. The first-order chi connectivity index (χ1) is 12.3. The van der Waals surface area contributed by atoms with Crippen LogP contribution in [0.25, 0.3) is 10.8 Å². The molecule has 1 N–H and O–H groups in total. The molecule has 0 aliphatic rings. The van der Waals surface area contributed by atoms with Gasteiger partial charge in [-0.2, -0.15) is 0 Å². The molecule has 3 rings (SSSR count). The Kier molecular flexibility index (Phi) is 5.52. The molecule has 3 aromatic carbocycles. The average Bonchev–Trinajstić information content (AvgIpc) is 2.66. The summed E-state index contributed by atoms with van der Waals surface area (Å²) in [6, 6.07) is 21.5. The zero-order chi connectivity index (χ0) is 17.5. The summed E-state index contributed by atoms with van der Waals surface area (Å²) in [6.45, 7) is 3.02. The maximum absolute atomic E-state index is 12.0. The number of amides is 1. The fourth-order valence-corrected chi connectivity index (χ4v) is 2.64. The van der Waals surface area contributed by atoms with Crippen molar-refractivity contribution in [2.24, 2.45) is 0 Å². The molecule has 0 bridgehead atoms. The second kappa shape index (κ2) is 8.20. The van der Waals surface area contributed by atoms with Crippen molar-refractivity contribution in [3.8, 4) is 11.5 Å². The van der Waals surface area contributed by atoms with E-state index in [4.69, 9.17) is 9.47 Å². The summed E-state index contributed by atoms with van der Waals surface area (Å²) in [5, 5.41) is 5.22. The van der Waals surface area contributed by atoms with Gasteiger partial charge in [0.05, 0.1) is 6.61 Å². The summed E-state index contributed by atoms with van der Waals surface area (Å²) in [5.74, 6) is 1.28. The molecule has 0 atom stereocenters. The van der Waals surface area contributed by atoms with Gasteiger partial charge in [0.15, 0.2) is 6.61 Å². The van der Waals surface area contributed by atoms with Crippen LogP contribution in [0.1, 0.15) is 12.5 Å². The highest BCUT2D eigenvalue weighted by Gasteiger charge is 2.05. The van der Waals surface area contributed by atoms with Crippen molar-refractivity contribution in [3.63, 3.8) is 0 Å². The number of benzene rings is 3. The predicted octanol–water partition coefficient (Wildman–Crippen LogP) is 3.93. The highest BCUT2D eigenvalue weighted by molar-refractivity contribution is 5.86. The third kappa shape index (κ3) is 4.51. The predicted molar refractivity (Wildman–Crippen MR) is 98.9 cm³/mol. The van der Waals surface area contributed by atoms with Gasteiger partial charge in [-0.1, -0.05) is 42.5 Å². The van der Waals surface area contributed by atoms with Crippen LogP contribution in [0, 0.1) is 0 Å². The van der Waals surface area contributed by atoms with Gasteiger partial charge in [0, 0.05) is 6.54 Å². The van der Waals surface area contributed by atoms with Gasteiger partial charge >= 0.3 is 0 Å². The van der Waals surface area contributed by atoms with Crippen LogP contribution in [-0.2, 0) is 11.3 Å². The van der Waals surface area contributed by atoms with E-state index >= 15 is 0 Å². The van der Waals surface area contributed by atoms with E-state index in [9.17, 15) is 4.79 Å². The molecule has 1 amide bonds. The van der Waals surface area contributed by atoms with Crippen molar-refractivity contribution in [1.29, 1.82) is 0 Å². The summed E-state index contributed by atoms with van der Waals surface area (Å²) in [5.41, 5.74) is 1.09. The van der Waals surface area contributed by atoms with Crippen LogP contribution >= 0.6 is 0 Å². The zero-order valence-corrected chi connectivity index (χ0v) is 14.2. The van der Waals surface area contributed by atoms with E-state index < -0.39 is 0 Å². The molecule has 3 aromatic rings. The lowest BCUT2D eigenvalue weighted by Crippen LogP contribution is -2.28. The van der Waals surface area contributed by atoms with Crippen LogP contribution < -0.4 is 14.8 Å². The Morgan fingerprint density at radius 3 is 2.32 bits per heavy atom. The van der Waals surface area contributed by atoms with Crippen LogP contribution in [0.15, 0.2) is 66.7 Å². The van der Waals surface area contributed by atoms with Crippen LogP contribution in [0.4, 0.5) is 0 Å². The zero-order valence-electron chi connectivity index (χ0n) is 14.2. The van der Waals surface area contributed by atoms with Crippen molar-refractivity contribution in [1.82, 2.24) is 5.32 Å². The Morgan fingerprint density at radius 2 is 1.56 bits per heavy atom. The van der Waals surface area contributed by atoms with E-state index in [2.05, 4.69) is 23.5 Å². The first-order valence-corrected chi connectivity index (χ1v) is 8.35. The maximum atomic E-state index is 12.0. The second-order valence-electron chi connectivity index (χ2n) is 5.61. The van der Waals surface area contributed by atoms with E-state index in [1.165, 1.54) is 5.39 Å². The van der Waals surface area contributed by atoms with Crippen LogP contribution in [0.5, 0.6) is 11.5 Å². The summed E-state index contributed by atoms with van der Waals surface area (Å²) >= 11 is 0. The molecule has 0 unspecified atom stereocenters. The smallest absolute Gasteiger partial charge is 0.258 e. The number of fused-ring (bicyclic) bond motifs is 1. The molecular formula is C21H21NO3. The van der Waals surface area contributed by atoms with E-state index in [-0.39, 0.29) is 12.5 Å². The molecule has 0 radical (unpaired) electrons. The third-order valence-electron chi connectivity index (χ3n) is 3.86. The minimum atomic E-state index is -0.151. The second-order valence-corrected chi connectivity index (χ2v) is 5.61. The van der Waals surface area contributed by atoms with Gasteiger partial charge < -0.3 is 14.8 Å². The van der Waals surface area contributed by atoms with E-state index in [1.54, 1.807) is 12.1 Å². The molecule has 25 heavy (non-hydrogen) atoms. The van der Waals surface area contributed by atoms with Gasteiger partial charge in [0.2, 0.25) is 0 Å². The Labute approximate surface area is 147 Å². The number of ether oxygens (including phenoxy) is 2. The van der Waals surface area contributed by atoms with Crippen molar-refractivity contribution >= 4 is 16.7 Å². The minimum absolute atomic E-state index is 0.0151. The van der Waals surface area contributed by atoms with Crippen LogP contribution in [-0.4, -0.2) is 19.1 Å². The Balaban J connectivity index is 1.52. The van der Waals surface area contributed by atoms with Gasteiger partial charge in [-0.05, 0) is 47.5 Å². The molecule has 0 aliphatic heterocycles. The van der Waals surface area contributed by atoms with E-state index in [0.717, 1.165) is 16.7 Å². The van der Waals surface area contributed by atoms with Crippen molar-refractivity contribution in [2.45, 2.75) is 13.5 Å². The summed E-state index contributed by atoms with van der Waals surface area (Å²) in [7, 11) is 0. The lowest BCUT2D eigenvalue weighted by molar-refractivity contribution is -0.123. The molecular weight excluding hydrogens is 314 g/mol. The van der Waals surface area contributed by atoms with Crippen LogP contribution in [0.2, 0.25) is 0 Å². The molecule has 0 heterocycles. The molecule has 4 heteroatoms. The first-order valence-electron chi connectivity index (χ1n) is 8.35. The topological polar surface area (TPSA) is 47.6 Å². The number of hydrogen-bond donors (Lipinski definition) is 1. The fraction of sp³-hybridized carbons (Fsp3) is 0.190. The standard InChI is InChI=1S/C21H21NO3/c1-2-24-18-10-12-19(13-11-18)25-15-21(23)22-14-17-8-5-7-16-6-3-4-9-20(16)17/h3-13H,2,14-15H2,1H3,(H,22,23). The number of rotatable bonds is 7. The Morgan fingerprint density at radius 1 is 0.880 bits per heavy atom. The normalized spacial score (nSPS) is 10.4.